The second-order valence-corrected chi connectivity index (χ2v) is 11.7. The summed E-state index contributed by atoms with van der Waals surface area (Å²) in [5, 5.41) is 0. The van der Waals surface area contributed by atoms with Gasteiger partial charge in [-0.1, -0.05) is 128 Å². The fraction of sp³-hybridized carbons (Fsp3) is 0.133. The van der Waals surface area contributed by atoms with Crippen molar-refractivity contribution in [2.45, 2.75) is 40.3 Å². The smallest absolute Gasteiger partial charge is 0.163 e. The van der Waals surface area contributed by atoms with E-state index in [1.54, 1.807) is 18.2 Å². The molecule has 0 aliphatic carbocycles. The summed E-state index contributed by atoms with van der Waals surface area (Å²) in [6, 6.07) is 51.3. The number of allylic oxidation sites excluding steroid dienone is 1. The molecule has 252 valence electrons. The van der Waals surface area contributed by atoms with E-state index in [-0.39, 0.29) is 5.78 Å². The lowest BCUT2D eigenvalue weighted by atomic mass is 10.1. The van der Waals surface area contributed by atoms with Crippen LogP contribution in [0.25, 0.3) is 5.57 Å². The molecule has 0 bridgehead atoms. The number of rotatable bonds is 14. The second-order valence-electron chi connectivity index (χ2n) is 11.7. The van der Waals surface area contributed by atoms with Crippen molar-refractivity contribution in [3.05, 3.63) is 198 Å². The van der Waals surface area contributed by atoms with Crippen LogP contribution in [0.15, 0.2) is 164 Å². The fourth-order valence-corrected chi connectivity index (χ4v) is 5.02. The maximum atomic E-state index is 11.8. The third kappa shape index (κ3) is 11.0. The SMILES string of the molecule is C=C(C)c1ccc(OCc2ccccc2)cc1OCc1ccccc1.CC(=O)c1ccc(OCc2ccccc2)cc1OCc1ccccc1. The van der Waals surface area contributed by atoms with Gasteiger partial charge in [0, 0.05) is 17.7 Å². The second kappa shape index (κ2) is 18.5. The Morgan fingerprint density at radius 3 is 1.10 bits per heavy atom. The van der Waals surface area contributed by atoms with E-state index in [1.165, 1.54) is 6.92 Å². The molecule has 0 N–H and O–H groups in total. The third-order valence-electron chi connectivity index (χ3n) is 7.72. The number of carbonyl (C=O) groups excluding carboxylic acids is 1. The molecule has 0 saturated heterocycles. The zero-order chi connectivity index (χ0) is 35.0. The Morgan fingerprint density at radius 2 is 0.760 bits per heavy atom. The maximum Gasteiger partial charge on any atom is 0.163 e. The molecule has 0 fully saturated rings. The van der Waals surface area contributed by atoms with Crippen LogP contribution in [0.2, 0.25) is 0 Å². The highest BCUT2D eigenvalue weighted by Gasteiger charge is 2.11. The lowest BCUT2D eigenvalue weighted by molar-refractivity contribution is 0.101. The molecule has 6 rings (SSSR count). The number of ether oxygens (including phenoxy) is 4. The van der Waals surface area contributed by atoms with Crippen molar-refractivity contribution in [2.24, 2.45) is 0 Å². The van der Waals surface area contributed by atoms with Crippen LogP contribution in [0.1, 0.15) is 52.0 Å². The van der Waals surface area contributed by atoms with Crippen molar-refractivity contribution in [3.63, 3.8) is 0 Å². The number of benzene rings is 6. The summed E-state index contributed by atoms with van der Waals surface area (Å²) in [7, 11) is 0. The highest BCUT2D eigenvalue weighted by Crippen LogP contribution is 2.31. The minimum absolute atomic E-state index is 0.0299. The number of carbonyl (C=O) groups is 1. The van der Waals surface area contributed by atoms with Crippen LogP contribution in [0, 0.1) is 0 Å². The van der Waals surface area contributed by atoms with Crippen LogP contribution in [0.4, 0.5) is 0 Å². The third-order valence-corrected chi connectivity index (χ3v) is 7.72. The van der Waals surface area contributed by atoms with Crippen molar-refractivity contribution in [1.82, 2.24) is 0 Å². The highest BCUT2D eigenvalue weighted by atomic mass is 16.5. The number of ketones is 1. The summed E-state index contributed by atoms with van der Waals surface area (Å²) in [4.78, 5) is 11.8. The summed E-state index contributed by atoms with van der Waals surface area (Å²) in [6.45, 7) is 9.49. The highest BCUT2D eigenvalue weighted by molar-refractivity contribution is 5.97. The van der Waals surface area contributed by atoms with Gasteiger partial charge < -0.3 is 18.9 Å². The topological polar surface area (TPSA) is 54.0 Å². The molecule has 0 aliphatic heterocycles. The van der Waals surface area contributed by atoms with Gasteiger partial charge in [-0.05, 0) is 65.9 Å². The maximum absolute atomic E-state index is 11.8. The molecule has 0 aliphatic rings. The number of Topliss-reactive ketones (excluding diaryl/α,β-unsaturated/α-hetero) is 1. The average Bonchev–Trinajstić information content (AvgIpc) is 3.16. The summed E-state index contributed by atoms with van der Waals surface area (Å²) in [5.41, 5.74) is 6.94. The number of hydrogen-bond donors (Lipinski definition) is 0. The molecule has 0 heterocycles. The molecule has 50 heavy (non-hydrogen) atoms. The molecule has 0 saturated carbocycles. The summed E-state index contributed by atoms with van der Waals surface area (Å²) >= 11 is 0. The Balaban J connectivity index is 0.000000194. The van der Waals surface area contributed by atoms with E-state index in [2.05, 4.69) is 30.8 Å². The van der Waals surface area contributed by atoms with Crippen molar-refractivity contribution in [3.8, 4) is 23.0 Å². The van der Waals surface area contributed by atoms with E-state index in [0.717, 1.165) is 44.9 Å². The van der Waals surface area contributed by atoms with Crippen LogP contribution in [-0.4, -0.2) is 5.78 Å². The molecule has 0 radical (unpaired) electrons. The first-order chi connectivity index (χ1) is 24.4. The van der Waals surface area contributed by atoms with Crippen molar-refractivity contribution >= 4 is 11.4 Å². The van der Waals surface area contributed by atoms with Gasteiger partial charge in [-0.2, -0.15) is 0 Å². The number of hydrogen-bond acceptors (Lipinski definition) is 5. The summed E-state index contributed by atoms with van der Waals surface area (Å²) < 4.78 is 23.7. The van der Waals surface area contributed by atoms with Crippen LogP contribution >= 0.6 is 0 Å². The standard InChI is InChI=1S/C23H22O2.C22H20O3/c1-18(2)22-14-13-21(24-16-19-9-5-3-6-10-19)15-23(22)25-17-20-11-7-4-8-12-20;1-17(23)21-13-12-20(24-15-18-8-4-2-5-9-18)14-22(21)25-16-19-10-6-3-7-11-19/h3-15H,1,16-17H2,2H3;2-14H,15-16H2,1H3. The van der Waals surface area contributed by atoms with E-state index < -0.39 is 0 Å². The normalized spacial score (nSPS) is 10.3. The zero-order valence-electron chi connectivity index (χ0n) is 28.6. The summed E-state index contributed by atoms with van der Waals surface area (Å²) in [5.74, 6) is 2.77. The van der Waals surface area contributed by atoms with Gasteiger partial charge in [-0.3, -0.25) is 4.79 Å². The lowest BCUT2D eigenvalue weighted by Gasteiger charge is -2.14. The molecule has 5 heteroatoms. The Hall–Kier alpha value is -6.07. The molecule has 6 aromatic carbocycles. The van der Waals surface area contributed by atoms with Crippen LogP contribution < -0.4 is 18.9 Å². The van der Waals surface area contributed by atoms with E-state index >= 15 is 0 Å². The van der Waals surface area contributed by atoms with E-state index in [4.69, 9.17) is 18.9 Å². The van der Waals surface area contributed by atoms with Crippen molar-refractivity contribution in [2.75, 3.05) is 0 Å². The monoisotopic (exact) mass is 662 g/mol. The van der Waals surface area contributed by atoms with Gasteiger partial charge in [0.2, 0.25) is 0 Å². The van der Waals surface area contributed by atoms with Gasteiger partial charge in [0.1, 0.15) is 49.4 Å². The molecular formula is C45H42O5. The van der Waals surface area contributed by atoms with Crippen LogP contribution in [-0.2, 0) is 26.4 Å². The van der Waals surface area contributed by atoms with Gasteiger partial charge in [-0.15, -0.1) is 0 Å². The first kappa shape index (κ1) is 35.2. The molecule has 5 nitrogen and oxygen atoms in total. The first-order valence-electron chi connectivity index (χ1n) is 16.6. The minimum Gasteiger partial charge on any atom is -0.489 e. The van der Waals surface area contributed by atoms with Crippen LogP contribution in [0.3, 0.4) is 0 Å². The van der Waals surface area contributed by atoms with E-state index in [9.17, 15) is 4.79 Å². The molecule has 0 unspecified atom stereocenters. The fourth-order valence-electron chi connectivity index (χ4n) is 5.02. The van der Waals surface area contributed by atoms with Gasteiger partial charge >= 0.3 is 0 Å². The average molecular weight is 663 g/mol. The van der Waals surface area contributed by atoms with Crippen molar-refractivity contribution < 1.29 is 23.7 Å². The minimum atomic E-state index is -0.0299. The largest absolute Gasteiger partial charge is 0.489 e. The first-order valence-corrected chi connectivity index (χ1v) is 16.6. The predicted molar refractivity (Wildman–Crippen MR) is 201 cm³/mol. The lowest BCUT2D eigenvalue weighted by Crippen LogP contribution is -2.03. The molecule has 0 amide bonds. The summed E-state index contributed by atoms with van der Waals surface area (Å²) in [6.07, 6.45) is 0. The van der Waals surface area contributed by atoms with Crippen LogP contribution in [0.5, 0.6) is 23.0 Å². The molecule has 6 aromatic rings. The Labute approximate surface area is 295 Å². The molecule has 0 aromatic heterocycles. The van der Waals surface area contributed by atoms with E-state index in [0.29, 0.717) is 43.5 Å². The van der Waals surface area contributed by atoms with Gasteiger partial charge in [0.15, 0.2) is 5.78 Å². The van der Waals surface area contributed by atoms with Crippen molar-refractivity contribution in [1.29, 1.82) is 0 Å². The van der Waals surface area contributed by atoms with Gasteiger partial charge in [0.05, 0.1) is 5.56 Å². The van der Waals surface area contributed by atoms with Gasteiger partial charge in [0.25, 0.3) is 0 Å². The zero-order valence-corrected chi connectivity index (χ0v) is 28.6. The predicted octanol–water partition coefficient (Wildman–Crippen LogP) is 10.9. The molecule has 0 atom stereocenters. The van der Waals surface area contributed by atoms with E-state index in [1.807, 2.05) is 122 Å². The Morgan fingerprint density at radius 1 is 0.440 bits per heavy atom. The Bertz CT molecular complexity index is 1790. The quantitative estimate of drug-likeness (QED) is 0.109. The molecular weight excluding hydrogens is 620 g/mol. The Kier molecular flexibility index (Phi) is 13.0. The van der Waals surface area contributed by atoms with Gasteiger partial charge in [-0.25, -0.2) is 0 Å². The molecule has 0 spiro atoms.